The Kier molecular flexibility index (Phi) is 4.13. The molecular formula is C14H23N3. The number of hydrogen-bond donors (Lipinski definition) is 1. The van der Waals surface area contributed by atoms with Crippen LogP contribution in [0.4, 0.5) is 0 Å². The lowest BCUT2D eigenvalue weighted by atomic mass is 10.0. The molecule has 0 spiro atoms. The fourth-order valence-electron chi connectivity index (χ4n) is 2.47. The SMILES string of the molecule is CN(CCc1ccccn1)CC1(CCN)CC1. The Balaban J connectivity index is 1.73. The standard InChI is InChI=1S/C14H23N3/c1-17(12-14(6-7-14)8-9-15)11-5-13-4-2-3-10-16-13/h2-4,10H,5-9,11-12,15H2,1H3. The zero-order chi connectivity index (χ0) is 12.1. The summed E-state index contributed by atoms with van der Waals surface area (Å²) in [5, 5.41) is 0. The molecule has 1 aromatic heterocycles. The molecule has 1 aromatic rings. The first-order valence-electron chi connectivity index (χ1n) is 6.53. The van der Waals surface area contributed by atoms with Crippen LogP contribution < -0.4 is 5.73 Å². The highest BCUT2D eigenvalue weighted by Crippen LogP contribution is 2.48. The van der Waals surface area contributed by atoms with Gasteiger partial charge in [0.1, 0.15) is 0 Å². The molecule has 3 nitrogen and oxygen atoms in total. The zero-order valence-electron chi connectivity index (χ0n) is 10.7. The van der Waals surface area contributed by atoms with Gasteiger partial charge in [-0.3, -0.25) is 4.98 Å². The van der Waals surface area contributed by atoms with E-state index in [1.54, 1.807) is 0 Å². The largest absolute Gasteiger partial charge is 0.330 e. The minimum atomic E-state index is 0.549. The monoisotopic (exact) mass is 233 g/mol. The molecule has 1 fully saturated rings. The van der Waals surface area contributed by atoms with E-state index in [4.69, 9.17) is 5.73 Å². The highest BCUT2D eigenvalue weighted by molar-refractivity contribution is 5.04. The van der Waals surface area contributed by atoms with E-state index < -0.39 is 0 Å². The Morgan fingerprint density at radius 1 is 1.41 bits per heavy atom. The van der Waals surface area contributed by atoms with Crippen molar-refractivity contribution in [2.45, 2.75) is 25.7 Å². The van der Waals surface area contributed by atoms with Crippen LogP contribution in [0, 0.1) is 5.41 Å². The maximum atomic E-state index is 5.67. The number of pyridine rings is 1. The van der Waals surface area contributed by atoms with E-state index in [-0.39, 0.29) is 0 Å². The van der Waals surface area contributed by atoms with Crippen molar-refractivity contribution in [3.8, 4) is 0 Å². The Morgan fingerprint density at radius 3 is 2.82 bits per heavy atom. The van der Waals surface area contributed by atoms with E-state index >= 15 is 0 Å². The number of nitrogens with two attached hydrogens (primary N) is 1. The number of aromatic nitrogens is 1. The van der Waals surface area contributed by atoms with E-state index in [2.05, 4.69) is 29.1 Å². The molecule has 0 aliphatic heterocycles. The van der Waals surface area contributed by atoms with Gasteiger partial charge in [0, 0.05) is 31.4 Å². The maximum Gasteiger partial charge on any atom is 0.0416 e. The minimum absolute atomic E-state index is 0.549. The van der Waals surface area contributed by atoms with Gasteiger partial charge in [0.05, 0.1) is 0 Å². The molecular weight excluding hydrogens is 210 g/mol. The minimum Gasteiger partial charge on any atom is -0.330 e. The lowest BCUT2D eigenvalue weighted by molar-refractivity contribution is 0.256. The number of nitrogens with zero attached hydrogens (tertiary/aromatic N) is 2. The fourth-order valence-corrected chi connectivity index (χ4v) is 2.47. The first-order chi connectivity index (χ1) is 8.24. The normalized spacial score (nSPS) is 17.4. The van der Waals surface area contributed by atoms with Crippen LogP contribution in [0.3, 0.4) is 0 Å². The first-order valence-corrected chi connectivity index (χ1v) is 6.53. The van der Waals surface area contributed by atoms with Crippen molar-refractivity contribution in [1.82, 2.24) is 9.88 Å². The van der Waals surface area contributed by atoms with Gasteiger partial charge in [-0.2, -0.15) is 0 Å². The molecule has 0 saturated heterocycles. The molecule has 1 saturated carbocycles. The molecule has 1 heterocycles. The summed E-state index contributed by atoms with van der Waals surface area (Å²) in [5.74, 6) is 0. The fraction of sp³-hybridized carbons (Fsp3) is 0.643. The topological polar surface area (TPSA) is 42.2 Å². The van der Waals surface area contributed by atoms with Crippen LogP contribution >= 0.6 is 0 Å². The Labute approximate surface area is 104 Å². The summed E-state index contributed by atoms with van der Waals surface area (Å²) in [6.07, 6.45) is 6.80. The molecule has 0 amide bonds. The summed E-state index contributed by atoms with van der Waals surface area (Å²) < 4.78 is 0. The molecule has 0 atom stereocenters. The predicted octanol–water partition coefficient (Wildman–Crippen LogP) is 1.68. The van der Waals surface area contributed by atoms with Crippen molar-refractivity contribution in [2.24, 2.45) is 11.1 Å². The Hall–Kier alpha value is -0.930. The molecule has 94 valence electrons. The van der Waals surface area contributed by atoms with Gasteiger partial charge < -0.3 is 10.6 Å². The van der Waals surface area contributed by atoms with Gasteiger partial charge in [-0.1, -0.05) is 6.07 Å². The molecule has 2 rings (SSSR count). The van der Waals surface area contributed by atoms with Crippen LogP contribution in [0.15, 0.2) is 24.4 Å². The molecule has 0 aromatic carbocycles. The first kappa shape index (κ1) is 12.5. The van der Waals surface area contributed by atoms with Crippen molar-refractivity contribution in [1.29, 1.82) is 0 Å². The average molecular weight is 233 g/mol. The van der Waals surface area contributed by atoms with Crippen LogP contribution in [0.5, 0.6) is 0 Å². The average Bonchev–Trinajstić information content (AvgIpc) is 3.08. The predicted molar refractivity (Wildman–Crippen MR) is 70.8 cm³/mol. The molecule has 1 aliphatic carbocycles. The highest BCUT2D eigenvalue weighted by Gasteiger charge is 2.42. The quantitative estimate of drug-likeness (QED) is 0.779. The number of rotatable bonds is 7. The molecule has 0 unspecified atom stereocenters. The molecule has 0 radical (unpaired) electrons. The Bertz CT molecular complexity index is 333. The summed E-state index contributed by atoms with van der Waals surface area (Å²) >= 11 is 0. The van der Waals surface area contributed by atoms with Gasteiger partial charge in [-0.05, 0) is 50.4 Å². The number of likely N-dealkylation sites (N-methyl/N-ethyl adjacent to an activating group) is 1. The van der Waals surface area contributed by atoms with Gasteiger partial charge in [0.25, 0.3) is 0 Å². The molecule has 3 heteroatoms. The third-order valence-corrected chi connectivity index (χ3v) is 3.71. The van der Waals surface area contributed by atoms with E-state index in [1.165, 1.54) is 31.5 Å². The molecule has 2 N–H and O–H groups in total. The summed E-state index contributed by atoms with van der Waals surface area (Å²) in [4.78, 5) is 6.78. The van der Waals surface area contributed by atoms with Crippen LogP contribution in [-0.4, -0.2) is 36.6 Å². The third kappa shape index (κ3) is 3.79. The van der Waals surface area contributed by atoms with Gasteiger partial charge in [0.2, 0.25) is 0 Å². The van der Waals surface area contributed by atoms with Crippen molar-refractivity contribution in [3.63, 3.8) is 0 Å². The van der Waals surface area contributed by atoms with E-state index in [0.717, 1.165) is 19.5 Å². The molecule has 17 heavy (non-hydrogen) atoms. The second-order valence-electron chi connectivity index (χ2n) is 5.35. The second kappa shape index (κ2) is 5.61. The van der Waals surface area contributed by atoms with Crippen LogP contribution in [0.2, 0.25) is 0 Å². The van der Waals surface area contributed by atoms with Crippen LogP contribution in [0.1, 0.15) is 25.0 Å². The second-order valence-corrected chi connectivity index (χ2v) is 5.35. The van der Waals surface area contributed by atoms with E-state index in [1.807, 2.05) is 12.3 Å². The van der Waals surface area contributed by atoms with Crippen LogP contribution in [-0.2, 0) is 6.42 Å². The summed E-state index contributed by atoms with van der Waals surface area (Å²) in [5.41, 5.74) is 7.40. The van der Waals surface area contributed by atoms with Gasteiger partial charge in [-0.15, -0.1) is 0 Å². The summed E-state index contributed by atoms with van der Waals surface area (Å²) in [6.45, 7) is 3.11. The van der Waals surface area contributed by atoms with Crippen molar-refractivity contribution < 1.29 is 0 Å². The maximum absolute atomic E-state index is 5.67. The van der Waals surface area contributed by atoms with Crippen molar-refractivity contribution in [3.05, 3.63) is 30.1 Å². The van der Waals surface area contributed by atoms with Gasteiger partial charge >= 0.3 is 0 Å². The van der Waals surface area contributed by atoms with Crippen molar-refractivity contribution >= 4 is 0 Å². The smallest absolute Gasteiger partial charge is 0.0416 e. The summed E-state index contributed by atoms with van der Waals surface area (Å²) in [6, 6.07) is 6.12. The van der Waals surface area contributed by atoms with E-state index in [0.29, 0.717) is 5.41 Å². The van der Waals surface area contributed by atoms with E-state index in [9.17, 15) is 0 Å². The van der Waals surface area contributed by atoms with Crippen molar-refractivity contribution in [2.75, 3.05) is 26.7 Å². The van der Waals surface area contributed by atoms with Gasteiger partial charge in [0.15, 0.2) is 0 Å². The molecule has 1 aliphatic rings. The molecule has 0 bridgehead atoms. The summed E-state index contributed by atoms with van der Waals surface area (Å²) in [7, 11) is 2.21. The van der Waals surface area contributed by atoms with Crippen LogP contribution in [0.25, 0.3) is 0 Å². The van der Waals surface area contributed by atoms with Gasteiger partial charge in [-0.25, -0.2) is 0 Å². The highest BCUT2D eigenvalue weighted by atomic mass is 15.1. The lowest BCUT2D eigenvalue weighted by Gasteiger charge is -2.23. The zero-order valence-corrected chi connectivity index (χ0v) is 10.7. The Morgan fingerprint density at radius 2 is 2.24 bits per heavy atom. The third-order valence-electron chi connectivity index (χ3n) is 3.71. The lowest BCUT2D eigenvalue weighted by Crippen LogP contribution is -2.30. The number of hydrogen-bond acceptors (Lipinski definition) is 3.